The maximum atomic E-state index is 12.7. The van der Waals surface area contributed by atoms with Gasteiger partial charge in [-0.05, 0) is 32.0 Å². The average molecular weight is 423 g/mol. The first-order valence-corrected chi connectivity index (χ1v) is 10.7. The van der Waals surface area contributed by atoms with Gasteiger partial charge in [-0.25, -0.2) is 4.98 Å². The Hall–Kier alpha value is -2.01. The standard InChI is InChI=1S/C17H18N4O3S3/c1-10-8-25-16(19-10)20-15(23)12-5-13(24-11(2)3-4-22)7-14(6-12)27-17-21-18-9-26-17/h5-9,11,22H,3-4H2,1-2H3,(H,19,20,23). The molecule has 0 bridgehead atoms. The van der Waals surface area contributed by atoms with E-state index in [-0.39, 0.29) is 18.6 Å². The van der Waals surface area contributed by atoms with E-state index in [2.05, 4.69) is 20.5 Å². The molecule has 2 aromatic heterocycles. The molecule has 3 aromatic rings. The van der Waals surface area contributed by atoms with Gasteiger partial charge in [0.25, 0.3) is 5.91 Å². The molecule has 0 aliphatic rings. The zero-order valence-corrected chi connectivity index (χ0v) is 17.2. The third-order valence-electron chi connectivity index (χ3n) is 3.40. The van der Waals surface area contributed by atoms with Crippen LogP contribution in [-0.4, -0.2) is 38.9 Å². The summed E-state index contributed by atoms with van der Waals surface area (Å²) < 4.78 is 6.64. The summed E-state index contributed by atoms with van der Waals surface area (Å²) in [4.78, 5) is 17.7. The maximum absolute atomic E-state index is 12.7. The number of nitrogens with one attached hydrogen (secondary N) is 1. The van der Waals surface area contributed by atoms with Crippen LogP contribution in [0.15, 0.2) is 38.3 Å². The van der Waals surface area contributed by atoms with Gasteiger partial charge >= 0.3 is 0 Å². The SMILES string of the molecule is Cc1csc(NC(=O)c2cc(OC(C)CCO)cc(Sc3nncs3)c2)n1. The summed E-state index contributed by atoms with van der Waals surface area (Å²) in [5, 5.41) is 22.2. The number of ether oxygens (including phenoxy) is 1. The van der Waals surface area contributed by atoms with Crippen LogP contribution in [0.3, 0.4) is 0 Å². The topological polar surface area (TPSA) is 97.2 Å². The van der Waals surface area contributed by atoms with Gasteiger partial charge in [0, 0.05) is 28.9 Å². The highest BCUT2D eigenvalue weighted by molar-refractivity contribution is 8.01. The minimum absolute atomic E-state index is 0.0388. The van der Waals surface area contributed by atoms with E-state index in [1.807, 2.05) is 25.3 Å². The van der Waals surface area contributed by atoms with Gasteiger partial charge in [0.2, 0.25) is 0 Å². The van der Waals surface area contributed by atoms with Crippen molar-refractivity contribution in [3.05, 3.63) is 40.3 Å². The van der Waals surface area contributed by atoms with Crippen LogP contribution >= 0.6 is 34.4 Å². The minimum Gasteiger partial charge on any atom is -0.491 e. The van der Waals surface area contributed by atoms with Crippen molar-refractivity contribution in [1.29, 1.82) is 0 Å². The Morgan fingerprint density at radius 1 is 1.37 bits per heavy atom. The van der Waals surface area contributed by atoms with Gasteiger partial charge in [0.05, 0.1) is 11.8 Å². The van der Waals surface area contributed by atoms with Crippen LogP contribution in [0.1, 0.15) is 29.4 Å². The number of rotatable bonds is 8. The van der Waals surface area contributed by atoms with Crippen LogP contribution in [0.4, 0.5) is 5.13 Å². The Kier molecular flexibility index (Phi) is 6.78. The van der Waals surface area contributed by atoms with E-state index < -0.39 is 0 Å². The van der Waals surface area contributed by atoms with Crippen molar-refractivity contribution >= 4 is 45.5 Å². The number of amides is 1. The summed E-state index contributed by atoms with van der Waals surface area (Å²) in [6, 6.07) is 5.32. The second kappa shape index (κ2) is 9.27. The van der Waals surface area contributed by atoms with Crippen molar-refractivity contribution < 1.29 is 14.6 Å². The second-order valence-electron chi connectivity index (χ2n) is 5.69. The highest BCUT2D eigenvalue weighted by Crippen LogP contribution is 2.33. The number of nitrogens with zero attached hydrogens (tertiary/aromatic N) is 3. The molecule has 1 aromatic carbocycles. The molecule has 1 amide bonds. The highest BCUT2D eigenvalue weighted by atomic mass is 32.2. The number of hydrogen-bond acceptors (Lipinski definition) is 9. The van der Waals surface area contributed by atoms with Gasteiger partial charge < -0.3 is 9.84 Å². The average Bonchev–Trinajstić information content (AvgIpc) is 3.26. The van der Waals surface area contributed by atoms with Gasteiger partial charge in [-0.15, -0.1) is 21.5 Å². The van der Waals surface area contributed by atoms with Crippen LogP contribution in [0.25, 0.3) is 0 Å². The molecule has 142 valence electrons. The molecule has 0 aliphatic heterocycles. The van der Waals surface area contributed by atoms with Crippen molar-refractivity contribution in [3.8, 4) is 5.75 Å². The number of carbonyl (C=O) groups excluding carboxylic acids is 1. The van der Waals surface area contributed by atoms with Crippen LogP contribution in [0, 0.1) is 6.92 Å². The first kappa shape index (κ1) is 19.7. The smallest absolute Gasteiger partial charge is 0.257 e. The Morgan fingerprint density at radius 3 is 2.89 bits per heavy atom. The number of anilines is 1. The molecule has 0 fully saturated rings. The number of aromatic nitrogens is 3. The lowest BCUT2D eigenvalue weighted by molar-refractivity contribution is 0.102. The van der Waals surface area contributed by atoms with Gasteiger partial charge in [0.15, 0.2) is 9.47 Å². The summed E-state index contributed by atoms with van der Waals surface area (Å²) in [5.41, 5.74) is 2.98. The zero-order valence-electron chi connectivity index (χ0n) is 14.7. The van der Waals surface area contributed by atoms with Crippen LogP contribution in [-0.2, 0) is 0 Å². The number of carbonyl (C=O) groups is 1. The molecule has 0 aliphatic carbocycles. The Morgan fingerprint density at radius 2 is 2.22 bits per heavy atom. The summed E-state index contributed by atoms with van der Waals surface area (Å²) in [6.07, 6.45) is 0.336. The third kappa shape index (κ3) is 5.73. The van der Waals surface area contributed by atoms with E-state index in [9.17, 15) is 4.79 Å². The van der Waals surface area contributed by atoms with E-state index in [0.29, 0.717) is 22.9 Å². The molecule has 7 nitrogen and oxygen atoms in total. The van der Waals surface area contributed by atoms with E-state index in [4.69, 9.17) is 9.84 Å². The first-order chi connectivity index (χ1) is 13.0. The summed E-state index contributed by atoms with van der Waals surface area (Å²) in [7, 11) is 0. The van der Waals surface area contributed by atoms with E-state index in [0.717, 1.165) is 14.9 Å². The summed E-state index contributed by atoms with van der Waals surface area (Å²) >= 11 is 4.21. The van der Waals surface area contributed by atoms with Crippen molar-refractivity contribution in [3.63, 3.8) is 0 Å². The monoisotopic (exact) mass is 422 g/mol. The Bertz CT molecular complexity index is 899. The molecule has 2 heterocycles. The zero-order chi connectivity index (χ0) is 19.2. The van der Waals surface area contributed by atoms with E-state index in [1.165, 1.54) is 34.4 Å². The molecule has 10 heteroatoms. The van der Waals surface area contributed by atoms with Gasteiger partial charge in [-0.1, -0.05) is 23.1 Å². The quantitative estimate of drug-likeness (QED) is 0.569. The fourth-order valence-electron chi connectivity index (χ4n) is 2.19. The number of aryl methyl sites for hydroxylation is 1. The van der Waals surface area contributed by atoms with Gasteiger partial charge in [-0.2, -0.15) is 0 Å². The van der Waals surface area contributed by atoms with Crippen molar-refractivity contribution in [1.82, 2.24) is 15.2 Å². The number of hydrogen-bond donors (Lipinski definition) is 2. The minimum atomic E-state index is -0.260. The second-order valence-corrected chi connectivity index (χ2v) is 8.70. The highest BCUT2D eigenvalue weighted by Gasteiger charge is 2.14. The Labute approximate surface area is 168 Å². The molecular formula is C17H18N4O3S3. The van der Waals surface area contributed by atoms with Gasteiger partial charge in [0.1, 0.15) is 11.3 Å². The predicted octanol–water partition coefficient (Wildman–Crippen LogP) is 3.86. The molecule has 27 heavy (non-hydrogen) atoms. The molecule has 2 N–H and O–H groups in total. The molecule has 3 rings (SSSR count). The fraction of sp³-hybridized carbons (Fsp3) is 0.294. The van der Waals surface area contributed by atoms with Crippen molar-refractivity contribution in [2.24, 2.45) is 0 Å². The van der Waals surface area contributed by atoms with E-state index in [1.54, 1.807) is 17.6 Å². The normalized spacial score (nSPS) is 12.0. The Balaban J connectivity index is 1.84. The summed E-state index contributed by atoms with van der Waals surface area (Å²) in [6.45, 7) is 3.79. The lowest BCUT2D eigenvalue weighted by Crippen LogP contribution is -2.15. The molecule has 0 saturated carbocycles. The van der Waals surface area contributed by atoms with Crippen molar-refractivity contribution in [2.75, 3.05) is 11.9 Å². The molecule has 0 saturated heterocycles. The third-order valence-corrected chi connectivity index (χ3v) is 6.02. The molecule has 0 radical (unpaired) electrons. The molecular weight excluding hydrogens is 404 g/mol. The molecule has 0 spiro atoms. The largest absolute Gasteiger partial charge is 0.491 e. The number of thiazole rings is 1. The first-order valence-electron chi connectivity index (χ1n) is 8.13. The lowest BCUT2D eigenvalue weighted by atomic mass is 10.2. The van der Waals surface area contributed by atoms with Crippen LogP contribution < -0.4 is 10.1 Å². The number of aliphatic hydroxyl groups excluding tert-OH is 1. The lowest BCUT2D eigenvalue weighted by Gasteiger charge is -2.15. The number of benzene rings is 1. The molecule has 1 atom stereocenters. The van der Waals surface area contributed by atoms with Crippen molar-refractivity contribution in [2.45, 2.75) is 35.6 Å². The number of aliphatic hydroxyl groups is 1. The van der Waals surface area contributed by atoms with Crippen LogP contribution in [0.5, 0.6) is 5.75 Å². The maximum Gasteiger partial charge on any atom is 0.257 e. The molecule has 1 unspecified atom stereocenters. The van der Waals surface area contributed by atoms with Gasteiger partial charge in [-0.3, -0.25) is 10.1 Å². The fourth-order valence-corrected chi connectivity index (χ4v) is 4.41. The van der Waals surface area contributed by atoms with E-state index >= 15 is 0 Å². The van der Waals surface area contributed by atoms with Crippen LogP contribution in [0.2, 0.25) is 0 Å². The summed E-state index contributed by atoms with van der Waals surface area (Å²) in [5.74, 6) is 0.301. The predicted molar refractivity (Wildman–Crippen MR) is 107 cm³/mol.